The van der Waals surface area contributed by atoms with E-state index in [4.69, 9.17) is 4.99 Å². The van der Waals surface area contributed by atoms with E-state index in [-0.39, 0.29) is 12.1 Å². The molecule has 0 unspecified atom stereocenters. The summed E-state index contributed by atoms with van der Waals surface area (Å²) in [6.45, 7) is 7.80. The Bertz CT molecular complexity index is 722. The molecule has 5 heteroatoms. The number of rotatable bonds is 3. The van der Waals surface area contributed by atoms with E-state index < -0.39 is 0 Å². The summed E-state index contributed by atoms with van der Waals surface area (Å²) in [5.74, 6) is 0. The first-order valence-corrected chi connectivity index (χ1v) is 9.12. The number of pyridine rings is 1. The number of thioether (sulfide) groups is 1. The van der Waals surface area contributed by atoms with Gasteiger partial charge in [-0.3, -0.25) is 9.98 Å². The van der Waals surface area contributed by atoms with Gasteiger partial charge in [-0.2, -0.15) is 0 Å². The summed E-state index contributed by atoms with van der Waals surface area (Å²) < 4.78 is 2.37. The van der Waals surface area contributed by atoms with E-state index in [9.17, 15) is 0 Å². The quantitative estimate of drug-likeness (QED) is 0.853. The Hall–Kier alpha value is -1.75. The van der Waals surface area contributed by atoms with Gasteiger partial charge in [-0.25, -0.2) is 0 Å². The van der Waals surface area contributed by atoms with Gasteiger partial charge in [0.2, 0.25) is 0 Å². The molecule has 1 fully saturated rings. The van der Waals surface area contributed by atoms with E-state index in [0.29, 0.717) is 11.3 Å². The lowest BCUT2D eigenvalue weighted by Gasteiger charge is -2.29. The third kappa shape index (κ3) is 2.47. The molecule has 2 aromatic rings. The van der Waals surface area contributed by atoms with Gasteiger partial charge in [-0.15, -0.1) is 0 Å². The van der Waals surface area contributed by atoms with Crippen molar-refractivity contribution >= 4 is 16.9 Å². The number of aromatic nitrogens is 2. The highest BCUT2D eigenvalue weighted by Gasteiger charge is 2.44. The van der Waals surface area contributed by atoms with Crippen LogP contribution in [0, 0.1) is 0 Å². The van der Waals surface area contributed by atoms with Crippen LogP contribution in [0.3, 0.4) is 0 Å². The lowest BCUT2D eigenvalue weighted by Crippen LogP contribution is -2.30. The lowest BCUT2D eigenvalue weighted by molar-refractivity contribution is 0.302. The number of amidine groups is 1. The Balaban J connectivity index is 1.79. The van der Waals surface area contributed by atoms with Crippen molar-refractivity contribution in [2.24, 2.45) is 4.99 Å². The summed E-state index contributed by atoms with van der Waals surface area (Å²) in [5.41, 5.74) is 2.40. The third-order valence-electron chi connectivity index (χ3n) is 4.55. The Morgan fingerprint density at radius 1 is 1.22 bits per heavy atom. The maximum Gasteiger partial charge on any atom is 0.160 e. The Morgan fingerprint density at radius 3 is 2.83 bits per heavy atom. The molecule has 0 saturated carbocycles. The Morgan fingerprint density at radius 2 is 2.09 bits per heavy atom. The van der Waals surface area contributed by atoms with Gasteiger partial charge in [-0.05, 0) is 38.1 Å². The van der Waals surface area contributed by atoms with E-state index in [0.717, 1.165) is 12.2 Å². The van der Waals surface area contributed by atoms with Crippen molar-refractivity contribution in [3.05, 3.63) is 54.1 Å². The zero-order valence-electron chi connectivity index (χ0n) is 13.8. The summed E-state index contributed by atoms with van der Waals surface area (Å²) in [4.78, 5) is 12.1. The molecule has 0 radical (unpaired) electrons. The van der Waals surface area contributed by atoms with Crippen LogP contribution >= 0.6 is 11.8 Å². The molecule has 0 N–H and O–H groups in total. The van der Waals surface area contributed by atoms with E-state index >= 15 is 0 Å². The van der Waals surface area contributed by atoms with Gasteiger partial charge in [0.05, 0.1) is 11.7 Å². The molecule has 0 aliphatic carbocycles. The zero-order valence-corrected chi connectivity index (χ0v) is 14.6. The average molecular weight is 326 g/mol. The van der Waals surface area contributed by atoms with Crippen LogP contribution in [0.1, 0.15) is 50.3 Å². The van der Waals surface area contributed by atoms with Crippen molar-refractivity contribution < 1.29 is 0 Å². The number of hydrogen-bond donors (Lipinski definition) is 0. The lowest BCUT2D eigenvalue weighted by atomic mass is 10.0. The highest BCUT2D eigenvalue weighted by Crippen LogP contribution is 2.47. The monoisotopic (exact) mass is 326 g/mol. The molecule has 0 aromatic carbocycles. The first-order valence-electron chi connectivity index (χ1n) is 8.24. The SMILES string of the molecule is CC(C)n1cccc1[C@@H]1[C@H](c2ccccn2)N=C2S[C@H](C)CN21. The molecule has 2 aliphatic rings. The van der Waals surface area contributed by atoms with Crippen molar-refractivity contribution in [2.45, 2.75) is 44.1 Å². The van der Waals surface area contributed by atoms with Gasteiger partial charge in [0.1, 0.15) is 6.04 Å². The van der Waals surface area contributed by atoms with Crippen LogP contribution in [0.5, 0.6) is 0 Å². The smallest absolute Gasteiger partial charge is 0.160 e. The van der Waals surface area contributed by atoms with E-state index in [1.54, 1.807) is 0 Å². The van der Waals surface area contributed by atoms with E-state index in [1.165, 1.54) is 10.9 Å². The molecular weight excluding hydrogens is 304 g/mol. The summed E-state index contributed by atoms with van der Waals surface area (Å²) >= 11 is 1.89. The topological polar surface area (TPSA) is 33.4 Å². The van der Waals surface area contributed by atoms with Crippen molar-refractivity contribution in [3.8, 4) is 0 Å². The van der Waals surface area contributed by atoms with Gasteiger partial charge < -0.3 is 9.47 Å². The van der Waals surface area contributed by atoms with Crippen LogP contribution in [-0.2, 0) is 0 Å². The van der Waals surface area contributed by atoms with Gasteiger partial charge in [0, 0.05) is 35.9 Å². The third-order valence-corrected chi connectivity index (χ3v) is 5.65. The second-order valence-electron chi connectivity index (χ2n) is 6.57. The van der Waals surface area contributed by atoms with Crippen LogP contribution in [0.15, 0.2) is 47.7 Å². The highest BCUT2D eigenvalue weighted by molar-refractivity contribution is 8.14. The van der Waals surface area contributed by atoms with Gasteiger partial charge in [0.25, 0.3) is 0 Å². The zero-order chi connectivity index (χ0) is 16.0. The molecule has 23 heavy (non-hydrogen) atoms. The highest BCUT2D eigenvalue weighted by atomic mass is 32.2. The van der Waals surface area contributed by atoms with Crippen LogP contribution in [0.4, 0.5) is 0 Å². The van der Waals surface area contributed by atoms with Crippen LogP contribution < -0.4 is 0 Å². The summed E-state index contributed by atoms with van der Waals surface area (Å²) in [7, 11) is 0. The molecule has 2 aliphatic heterocycles. The minimum Gasteiger partial charge on any atom is -0.347 e. The van der Waals surface area contributed by atoms with Gasteiger partial charge >= 0.3 is 0 Å². The van der Waals surface area contributed by atoms with Crippen molar-refractivity contribution in [1.29, 1.82) is 0 Å². The summed E-state index contributed by atoms with van der Waals surface area (Å²) in [6.07, 6.45) is 4.05. The maximum atomic E-state index is 5.04. The first-order chi connectivity index (χ1) is 11.1. The second-order valence-corrected chi connectivity index (χ2v) is 7.98. The van der Waals surface area contributed by atoms with E-state index in [1.807, 2.05) is 24.0 Å². The Kier molecular flexibility index (Phi) is 3.68. The number of fused-ring (bicyclic) bond motifs is 1. The molecule has 120 valence electrons. The largest absolute Gasteiger partial charge is 0.347 e. The summed E-state index contributed by atoms with van der Waals surface area (Å²) in [6, 6.07) is 11.3. The minimum absolute atomic E-state index is 0.0820. The fraction of sp³-hybridized carbons (Fsp3) is 0.444. The average Bonchev–Trinajstić information content (AvgIpc) is 3.21. The molecular formula is C18H22N4S. The van der Waals surface area contributed by atoms with Crippen LogP contribution in [0.25, 0.3) is 0 Å². The fourth-order valence-corrected chi connectivity index (χ4v) is 4.66. The number of aliphatic imine (C=N–C) groups is 1. The van der Waals surface area contributed by atoms with Crippen molar-refractivity contribution in [3.63, 3.8) is 0 Å². The second kappa shape index (κ2) is 5.71. The maximum absolute atomic E-state index is 5.04. The molecule has 3 atom stereocenters. The minimum atomic E-state index is 0.0820. The molecule has 4 nitrogen and oxygen atoms in total. The van der Waals surface area contributed by atoms with Crippen LogP contribution in [-0.4, -0.2) is 31.4 Å². The normalized spacial score (nSPS) is 26.7. The van der Waals surface area contributed by atoms with E-state index in [2.05, 4.69) is 65.7 Å². The van der Waals surface area contributed by atoms with Gasteiger partial charge in [-0.1, -0.05) is 24.8 Å². The molecule has 4 rings (SSSR count). The fourth-order valence-electron chi connectivity index (χ4n) is 3.57. The molecule has 0 spiro atoms. The molecule has 1 saturated heterocycles. The van der Waals surface area contributed by atoms with Crippen molar-refractivity contribution in [2.75, 3.05) is 6.54 Å². The Labute approximate surface area is 141 Å². The number of nitrogens with zero attached hydrogens (tertiary/aromatic N) is 4. The van der Waals surface area contributed by atoms with Gasteiger partial charge in [0.15, 0.2) is 5.17 Å². The summed E-state index contributed by atoms with van der Waals surface area (Å²) in [5, 5.41) is 1.78. The number of hydrogen-bond acceptors (Lipinski definition) is 4. The van der Waals surface area contributed by atoms with Crippen molar-refractivity contribution in [1.82, 2.24) is 14.5 Å². The molecule has 0 amide bonds. The standard InChI is InChI=1S/C18H22N4S/c1-12(2)21-10-6-8-15(21)17-16(14-7-4-5-9-19-14)20-18-22(17)11-13(3)23-18/h4-10,12-13,16-17H,11H2,1-3H3/t13-,16+,17-/m1/s1. The predicted octanol–water partition coefficient (Wildman–Crippen LogP) is 4.05. The molecule has 2 aromatic heterocycles. The predicted molar refractivity (Wildman–Crippen MR) is 95.7 cm³/mol. The van der Waals surface area contributed by atoms with Crippen LogP contribution in [0.2, 0.25) is 0 Å². The first kappa shape index (κ1) is 14.8. The molecule has 0 bridgehead atoms. The molecule has 4 heterocycles.